The van der Waals surface area contributed by atoms with Gasteiger partial charge in [0.05, 0.1) is 35.3 Å². The van der Waals surface area contributed by atoms with Crippen molar-refractivity contribution in [2.75, 3.05) is 19.7 Å². The number of thioether (sulfide) groups is 1. The minimum absolute atomic E-state index is 0.0253. The molecule has 0 aromatic heterocycles. The van der Waals surface area contributed by atoms with Crippen LogP contribution < -0.4 is 0 Å². The lowest BCUT2D eigenvalue weighted by molar-refractivity contribution is -0.384. The lowest BCUT2D eigenvalue weighted by Crippen LogP contribution is -2.38. The second-order valence-electron chi connectivity index (χ2n) is 7.73. The van der Waals surface area contributed by atoms with Crippen molar-refractivity contribution in [1.82, 2.24) is 9.80 Å². The minimum atomic E-state index is -0.672. The van der Waals surface area contributed by atoms with E-state index in [0.717, 1.165) is 31.6 Å². The number of ether oxygens (including phenoxy) is 1. The third-order valence-corrected chi connectivity index (χ3v) is 6.57. The number of nitrogens with zero attached hydrogens (tertiary/aromatic N) is 4. The second kappa shape index (κ2) is 9.15. The number of esters is 1. The number of amides is 1. The minimum Gasteiger partial charge on any atom is -0.463 e. The van der Waals surface area contributed by atoms with Gasteiger partial charge in [0.25, 0.3) is 5.69 Å². The molecule has 3 aliphatic rings. The molecule has 0 unspecified atom stereocenters. The number of non-ortho nitro benzene ring substituents is 1. The Labute approximate surface area is 190 Å². The van der Waals surface area contributed by atoms with Crippen molar-refractivity contribution in [3.05, 3.63) is 62.3 Å². The van der Waals surface area contributed by atoms with Gasteiger partial charge < -0.3 is 14.5 Å². The van der Waals surface area contributed by atoms with E-state index in [0.29, 0.717) is 22.0 Å². The van der Waals surface area contributed by atoms with Gasteiger partial charge in [-0.1, -0.05) is 23.9 Å². The summed E-state index contributed by atoms with van der Waals surface area (Å²) >= 11 is 1.38. The van der Waals surface area contributed by atoms with E-state index in [-0.39, 0.29) is 24.6 Å². The maximum atomic E-state index is 12.9. The van der Waals surface area contributed by atoms with Crippen LogP contribution in [0.5, 0.6) is 0 Å². The zero-order valence-corrected chi connectivity index (χ0v) is 18.8. The van der Waals surface area contributed by atoms with Crippen LogP contribution in [-0.2, 0) is 14.3 Å². The molecule has 1 aromatic rings. The number of amidine groups is 1. The van der Waals surface area contributed by atoms with Gasteiger partial charge in [0, 0.05) is 30.9 Å². The summed E-state index contributed by atoms with van der Waals surface area (Å²) in [6.07, 6.45) is 2.18. The maximum absolute atomic E-state index is 12.9. The highest BCUT2D eigenvalue weighted by Gasteiger charge is 2.41. The SMILES string of the molecule is CCOC(=O)C1=C(C)N=C2SC=C(CC(=O)N3CCCC3)N2[C@@H]1c1cccc([N+](=O)[O-])c1. The molecule has 0 spiro atoms. The highest BCUT2D eigenvalue weighted by Crippen LogP contribution is 2.45. The summed E-state index contributed by atoms with van der Waals surface area (Å²) in [6, 6.07) is 5.54. The van der Waals surface area contributed by atoms with E-state index in [9.17, 15) is 19.7 Å². The predicted molar refractivity (Wildman–Crippen MR) is 121 cm³/mol. The van der Waals surface area contributed by atoms with Crippen molar-refractivity contribution < 1.29 is 19.2 Å². The monoisotopic (exact) mass is 456 g/mol. The first-order valence-electron chi connectivity index (χ1n) is 10.5. The molecule has 168 valence electrons. The van der Waals surface area contributed by atoms with Crippen LogP contribution in [0.4, 0.5) is 5.69 Å². The van der Waals surface area contributed by atoms with Gasteiger partial charge in [0.15, 0.2) is 5.17 Å². The van der Waals surface area contributed by atoms with Gasteiger partial charge in [0.2, 0.25) is 5.91 Å². The molecule has 4 rings (SSSR count). The van der Waals surface area contributed by atoms with E-state index in [4.69, 9.17) is 4.74 Å². The molecule has 32 heavy (non-hydrogen) atoms. The number of hydrogen-bond donors (Lipinski definition) is 0. The number of hydrogen-bond acceptors (Lipinski definition) is 8. The van der Waals surface area contributed by atoms with Crippen molar-refractivity contribution >= 4 is 34.5 Å². The largest absolute Gasteiger partial charge is 0.463 e. The fraction of sp³-hybridized carbons (Fsp3) is 0.409. The number of benzene rings is 1. The fourth-order valence-corrected chi connectivity index (χ4v) is 5.16. The summed E-state index contributed by atoms with van der Waals surface area (Å²) in [4.78, 5) is 45.0. The third kappa shape index (κ3) is 4.14. The Morgan fingerprint density at radius 3 is 2.75 bits per heavy atom. The van der Waals surface area contributed by atoms with Crippen molar-refractivity contribution in [3.63, 3.8) is 0 Å². The smallest absolute Gasteiger partial charge is 0.338 e. The summed E-state index contributed by atoms with van der Waals surface area (Å²) in [5.41, 5.74) is 2.03. The van der Waals surface area contributed by atoms with E-state index in [2.05, 4.69) is 4.99 Å². The van der Waals surface area contributed by atoms with E-state index in [1.165, 1.54) is 23.9 Å². The Morgan fingerprint density at radius 2 is 2.06 bits per heavy atom. The maximum Gasteiger partial charge on any atom is 0.338 e. The van der Waals surface area contributed by atoms with Crippen LogP contribution in [0.25, 0.3) is 0 Å². The van der Waals surface area contributed by atoms with Gasteiger partial charge in [-0.15, -0.1) is 0 Å². The van der Waals surface area contributed by atoms with Crippen molar-refractivity contribution in [3.8, 4) is 0 Å². The van der Waals surface area contributed by atoms with Gasteiger partial charge in [-0.3, -0.25) is 14.9 Å². The predicted octanol–water partition coefficient (Wildman–Crippen LogP) is 3.75. The normalized spacial score (nSPS) is 20.1. The summed E-state index contributed by atoms with van der Waals surface area (Å²) < 4.78 is 5.30. The molecule has 9 nitrogen and oxygen atoms in total. The zero-order chi connectivity index (χ0) is 22.8. The van der Waals surface area contributed by atoms with Crippen LogP contribution in [0.1, 0.15) is 44.7 Å². The third-order valence-electron chi connectivity index (χ3n) is 5.68. The first-order valence-corrected chi connectivity index (χ1v) is 11.4. The van der Waals surface area contributed by atoms with E-state index >= 15 is 0 Å². The van der Waals surface area contributed by atoms with Gasteiger partial charge >= 0.3 is 5.97 Å². The van der Waals surface area contributed by atoms with Gasteiger partial charge in [-0.05, 0) is 37.7 Å². The first-order chi connectivity index (χ1) is 15.4. The van der Waals surface area contributed by atoms with E-state index < -0.39 is 16.9 Å². The Bertz CT molecular complexity index is 1060. The number of rotatable bonds is 6. The topological polar surface area (TPSA) is 105 Å². The number of carbonyl (C=O) groups excluding carboxylic acids is 2. The molecule has 0 N–H and O–H groups in total. The lowest BCUT2D eigenvalue weighted by atomic mass is 9.93. The molecule has 3 aliphatic heterocycles. The van der Waals surface area contributed by atoms with Crippen LogP contribution in [-0.4, -0.2) is 51.5 Å². The zero-order valence-electron chi connectivity index (χ0n) is 17.9. The molecule has 0 bridgehead atoms. The van der Waals surface area contributed by atoms with Crippen LogP contribution in [0, 0.1) is 10.1 Å². The summed E-state index contributed by atoms with van der Waals surface area (Å²) in [5, 5.41) is 13.9. The standard InChI is InChI=1S/C22H24N4O5S/c1-3-31-21(28)19-14(2)23-22-25(20(19)15-7-6-8-16(11-15)26(29)30)17(13-32-22)12-18(27)24-9-4-5-10-24/h6-8,11,13,20H,3-5,9-10,12H2,1-2H3/t20-/m1/s1. The van der Waals surface area contributed by atoms with E-state index in [1.807, 2.05) is 15.2 Å². The number of nitro benzene ring substituents is 1. The summed E-state index contributed by atoms with van der Waals surface area (Å²) in [6.45, 7) is 5.15. The number of fused-ring (bicyclic) bond motifs is 1. The lowest BCUT2D eigenvalue weighted by Gasteiger charge is -2.36. The summed E-state index contributed by atoms with van der Waals surface area (Å²) in [5.74, 6) is -0.497. The molecular formula is C22H24N4O5S. The molecule has 0 radical (unpaired) electrons. The Hall–Kier alpha value is -3.14. The molecule has 3 heterocycles. The Balaban J connectivity index is 1.75. The molecule has 0 aliphatic carbocycles. The number of nitro groups is 1. The van der Waals surface area contributed by atoms with Gasteiger partial charge in [0.1, 0.15) is 0 Å². The van der Waals surface area contributed by atoms with Crippen LogP contribution in [0.15, 0.2) is 51.6 Å². The number of likely N-dealkylation sites (tertiary alicyclic amines) is 1. The van der Waals surface area contributed by atoms with Crippen molar-refractivity contribution in [1.29, 1.82) is 0 Å². The number of carbonyl (C=O) groups is 2. The second-order valence-corrected chi connectivity index (χ2v) is 8.57. The highest BCUT2D eigenvalue weighted by molar-refractivity contribution is 8.16. The molecule has 0 saturated carbocycles. The van der Waals surface area contributed by atoms with Crippen molar-refractivity contribution in [2.45, 2.75) is 39.2 Å². The highest BCUT2D eigenvalue weighted by atomic mass is 32.2. The average Bonchev–Trinajstić information content (AvgIpc) is 3.43. The molecule has 1 aromatic carbocycles. The first kappa shape index (κ1) is 22.1. The van der Waals surface area contributed by atoms with Crippen LogP contribution in [0.3, 0.4) is 0 Å². The average molecular weight is 457 g/mol. The molecule has 10 heteroatoms. The van der Waals surface area contributed by atoms with E-state index in [1.54, 1.807) is 26.0 Å². The van der Waals surface area contributed by atoms with Gasteiger partial charge in [-0.25, -0.2) is 9.79 Å². The molecule has 1 atom stereocenters. The Morgan fingerprint density at radius 1 is 1.31 bits per heavy atom. The molecule has 1 saturated heterocycles. The number of aliphatic imine (C=N–C) groups is 1. The van der Waals surface area contributed by atoms with Gasteiger partial charge in [-0.2, -0.15) is 0 Å². The van der Waals surface area contributed by atoms with Crippen LogP contribution >= 0.6 is 11.8 Å². The summed E-state index contributed by atoms with van der Waals surface area (Å²) in [7, 11) is 0. The Kier molecular flexibility index (Phi) is 6.31. The molecular weight excluding hydrogens is 432 g/mol. The van der Waals surface area contributed by atoms with Crippen molar-refractivity contribution in [2.24, 2.45) is 4.99 Å². The molecule has 1 fully saturated rings. The fourth-order valence-electron chi connectivity index (χ4n) is 4.20. The van der Waals surface area contributed by atoms with Crippen LogP contribution in [0.2, 0.25) is 0 Å². The quantitative estimate of drug-likeness (QED) is 0.365. The molecule has 1 amide bonds. The number of allylic oxidation sites excluding steroid dienone is 1.